The van der Waals surface area contributed by atoms with E-state index >= 15 is 0 Å². The topological polar surface area (TPSA) is 12.9 Å². The SMILES string of the molecule is C=C/C=C\C(=C)C.C=C/C=c1/nccc/c1=C/C.CC. The summed E-state index contributed by atoms with van der Waals surface area (Å²) in [5.74, 6) is 0. The molecule has 1 rings (SSSR count). The minimum Gasteiger partial charge on any atom is -0.256 e. The van der Waals surface area contributed by atoms with Crippen molar-refractivity contribution in [3.8, 4) is 0 Å². The minimum absolute atomic E-state index is 0.977. The molecule has 1 aromatic rings. The van der Waals surface area contributed by atoms with Crippen LogP contribution in [0.1, 0.15) is 27.7 Å². The molecular weight excluding hydrogens is 242 g/mol. The number of hydrogen-bond acceptors (Lipinski definition) is 1. The van der Waals surface area contributed by atoms with Gasteiger partial charge in [-0.05, 0) is 31.2 Å². The summed E-state index contributed by atoms with van der Waals surface area (Å²) in [6, 6.07) is 3.96. The number of rotatable bonds is 3. The average molecular weight is 269 g/mol. The van der Waals surface area contributed by atoms with Crippen molar-refractivity contribution in [2.45, 2.75) is 27.7 Å². The van der Waals surface area contributed by atoms with Gasteiger partial charge in [0.2, 0.25) is 0 Å². The summed E-state index contributed by atoms with van der Waals surface area (Å²) in [5.41, 5.74) is 1.06. The van der Waals surface area contributed by atoms with Crippen LogP contribution in [0.4, 0.5) is 0 Å². The maximum Gasteiger partial charge on any atom is 0.0698 e. The second-order valence-electron chi connectivity index (χ2n) is 3.61. The lowest BCUT2D eigenvalue weighted by molar-refractivity contribution is 1.22. The van der Waals surface area contributed by atoms with Gasteiger partial charge in [0.1, 0.15) is 0 Å². The molecule has 1 heteroatoms. The Balaban J connectivity index is 0. The van der Waals surface area contributed by atoms with Crippen molar-refractivity contribution in [1.29, 1.82) is 0 Å². The van der Waals surface area contributed by atoms with Gasteiger partial charge in [0.05, 0.1) is 5.35 Å². The van der Waals surface area contributed by atoms with Crippen LogP contribution in [0, 0.1) is 0 Å². The van der Waals surface area contributed by atoms with Crippen molar-refractivity contribution < 1.29 is 0 Å². The van der Waals surface area contributed by atoms with E-state index in [1.807, 2.05) is 64.1 Å². The van der Waals surface area contributed by atoms with E-state index in [0.717, 1.165) is 16.1 Å². The van der Waals surface area contributed by atoms with E-state index in [0.29, 0.717) is 0 Å². The molecule has 1 nitrogen and oxygen atoms in total. The van der Waals surface area contributed by atoms with Gasteiger partial charge in [-0.25, -0.2) is 0 Å². The summed E-state index contributed by atoms with van der Waals surface area (Å²) in [6.07, 6.45) is 13.0. The summed E-state index contributed by atoms with van der Waals surface area (Å²) in [5, 5.41) is 2.12. The fourth-order valence-corrected chi connectivity index (χ4v) is 1.16. The van der Waals surface area contributed by atoms with Crippen molar-refractivity contribution in [3.63, 3.8) is 0 Å². The zero-order chi connectivity index (χ0) is 15.8. The summed E-state index contributed by atoms with van der Waals surface area (Å²) in [6.45, 7) is 18.7. The van der Waals surface area contributed by atoms with Crippen LogP contribution in [0.2, 0.25) is 0 Å². The zero-order valence-corrected chi connectivity index (χ0v) is 13.3. The van der Waals surface area contributed by atoms with Gasteiger partial charge in [-0.1, -0.05) is 75.6 Å². The molecule has 0 N–H and O–H groups in total. The Morgan fingerprint density at radius 1 is 1.20 bits per heavy atom. The standard InChI is InChI=1S/C10H11N.C7H10.C2H6/c1-3-6-10-9(4-2)7-5-8-11-10;1-4-5-6-7(2)3;1-2/h3-8H,1H2,2H3;4-6H,1-2H2,3H3;1-2H3/b9-4-,10-6+;6-5-;. The number of pyridine rings is 1. The second-order valence-corrected chi connectivity index (χ2v) is 3.61. The van der Waals surface area contributed by atoms with Crippen LogP contribution in [0.15, 0.2) is 67.9 Å². The molecule has 0 fully saturated rings. The molecule has 0 atom stereocenters. The van der Waals surface area contributed by atoms with E-state index in [9.17, 15) is 0 Å². The lowest BCUT2D eigenvalue weighted by atomic mass is 10.3. The highest BCUT2D eigenvalue weighted by Crippen LogP contribution is 1.86. The number of aromatic nitrogens is 1. The van der Waals surface area contributed by atoms with Gasteiger partial charge in [0.15, 0.2) is 0 Å². The van der Waals surface area contributed by atoms with Crippen molar-refractivity contribution in [2.24, 2.45) is 0 Å². The number of hydrogen-bond donors (Lipinski definition) is 0. The Labute approximate surface area is 124 Å². The molecule has 20 heavy (non-hydrogen) atoms. The van der Waals surface area contributed by atoms with E-state index in [1.165, 1.54) is 0 Å². The van der Waals surface area contributed by atoms with Crippen LogP contribution in [-0.2, 0) is 0 Å². The van der Waals surface area contributed by atoms with Gasteiger partial charge >= 0.3 is 0 Å². The lowest BCUT2D eigenvalue weighted by Gasteiger charge is -1.85. The Morgan fingerprint density at radius 3 is 2.25 bits per heavy atom. The fraction of sp³-hybridized carbons (Fsp3) is 0.211. The first kappa shape index (κ1) is 20.2. The van der Waals surface area contributed by atoms with E-state index in [-0.39, 0.29) is 0 Å². The van der Waals surface area contributed by atoms with Crippen LogP contribution in [0.3, 0.4) is 0 Å². The first-order valence-corrected chi connectivity index (χ1v) is 6.80. The first-order chi connectivity index (χ1) is 9.65. The molecule has 0 aromatic carbocycles. The van der Waals surface area contributed by atoms with Crippen molar-refractivity contribution in [3.05, 3.63) is 78.5 Å². The first-order valence-electron chi connectivity index (χ1n) is 6.80. The normalized spacial score (nSPS) is 11.0. The summed E-state index contributed by atoms with van der Waals surface area (Å²) >= 11 is 0. The number of nitrogens with zero attached hydrogens (tertiary/aromatic N) is 1. The lowest BCUT2D eigenvalue weighted by Crippen LogP contribution is -2.26. The minimum atomic E-state index is 0.977. The molecule has 1 heterocycles. The van der Waals surface area contributed by atoms with E-state index in [1.54, 1.807) is 18.3 Å². The molecule has 0 aliphatic rings. The summed E-state index contributed by atoms with van der Waals surface area (Å²) < 4.78 is 0. The molecule has 0 aliphatic carbocycles. The predicted molar refractivity (Wildman–Crippen MR) is 93.8 cm³/mol. The molecule has 108 valence electrons. The molecule has 0 unspecified atom stereocenters. The van der Waals surface area contributed by atoms with Crippen LogP contribution >= 0.6 is 0 Å². The van der Waals surface area contributed by atoms with E-state index < -0.39 is 0 Å². The molecule has 0 saturated heterocycles. The number of allylic oxidation sites excluding steroid dienone is 5. The average Bonchev–Trinajstić information content (AvgIpc) is 2.49. The van der Waals surface area contributed by atoms with Crippen LogP contribution in [0.5, 0.6) is 0 Å². The third-order valence-corrected chi connectivity index (χ3v) is 1.97. The fourth-order valence-electron chi connectivity index (χ4n) is 1.16. The monoisotopic (exact) mass is 269 g/mol. The van der Waals surface area contributed by atoms with Gasteiger partial charge < -0.3 is 0 Å². The summed E-state index contributed by atoms with van der Waals surface area (Å²) in [4.78, 5) is 4.18. The van der Waals surface area contributed by atoms with Crippen molar-refractivity contribution in [1.82, 2.24) is 4.98 Å². The van der Waals surface area contributed by atoms with Crippen molar-refractivity contribution in [2.75, 3.05) is 0 Å². The van der Waals surface area contributed by atoms with E-state index in [2.05, 4.69) is 24.7 Å². The van der Waals surface area contributed by atoms with E-state index in [4.69, 9.17) is 0 Å². The Kier molecular flexibility index (Phi) is 15.0. The molecular formula is C19H27N. The third-order valence-electron chi connectivity index (χ3n) is 1.97. The predicted octanol–water partition coefficient (Wildman–Crippen LogP) is 4.18. The van der Waals surface area contributed by atoms with Crippen LogP contribution in [0.25, 0.3) is 12.2 Å². The second kappa shape index (κ2) is 14.9. The molecule has 0 radical (unpaired) electrons. The molecule has 0 amide bonds. The zero-order valence-electron chi connectivity index (χ0n) is 13.3. The Hall–Kier alpha value is -2.15. The summed E-state index contributed by atoms with van der Waals surface area (Å²) in [7, 11) is 0. The molecule has 0 aliphatic heterocycles. The third kappa shape index (κ3) is 11.0. The van der Waals surface area contributed by atoms with Crippen molar-refractivity contribution >= 4 is 12.2 Å². The maximum atomic E-state index is 4.18. The smallest absolute Gasteiger partial charge is 0.0698 e. The van der Waals surface area contributed by atoms with Gasteiger partial charge in [0.25, 0.3) is 0 Å². The van der Waals surface area contributed by atoms with Crippen LogP contribution < -0.4 is 10.6 Å². The largest absolute Gasteiger partial charge is 0.256 e. The van der Waals surface area contributed by atoms with Gasteiger partial charge in [-0.3, -0.25) is 4.98 Å². The highest BCUT2D eigenvalue weighted by Gasteiger charge is 1.79. The highest BCUT2D eigenvalue weighted by molar-refractivity contribution is 5.34. The molecule has 1 aromatic heterocycles. The molecule has 0 bridgehead atoms. The Bertz CT molecular complexity index is 533. The molecule has 0 spiro atoms. The van der Waals surface area contributed by atoms with Crippen LogP contribution in [-0.4, -0.2) is 4.98 Å². The maximum absolute atomic E-state index is 4.18. The Morgan fingerprint density at radius 2 is 1.85 bits per heavy atom. The van der Waals surface area contributed by atoms with Gasteiger partial charge in [-0.2, -0.15) is 0 Å². The van der Waals surface area contributed by atoms with Gasteiger partial charge in [-0.15, -0.1) is 0 Å². The highest BCUT2D eigenvalue weighted by atomic mass is 14.6. The molecule has 0 saturated carbocycles. The quantitative estimate of drug-likeness (QED) is 0.750. The van der Waals surface area contributed by atoms with Gasteiger partial charge in [0, 0.05) is 6.20 Å².